The van der Waals surface area contributed by atoms with Gasteiger partial charge < -0.3 is 20.3 Å². The van der Waals surface area contributed by atoms with Gasteiger partial charge in [0.05, 0.1) is 19.1 Å². The molecular formula is C21H29N3O4. The van der Waals surface area contributed by atoms with E-state index in [-0.39, 0.29) is 36.2 Å². The lowest BCUT2D eigenvalue weighted by atomic mass is 9.97. The van der Waals surface area contributed by atoms with Crippen LogP contribution in [0.25, 0.3) is 0 Å². The predicted octanol–water partition coefficient (Wildman–Crippen LogP) is 2.56. The minimum Gasteiger partial charge on any atom is -0.466 e. The first kappa shape index (κ1) is 20.2. The van der Waals surface area contributed by atoms with Crippen LogP contribution in [0.3, 0.4) is 0 Å². The summed E-state index contributed by atoms with van der Waals surface area (Å²) in [6, 6.07) is 5.65. The summed E-state index contributed by atoms with van der Waals surface area (Å²) in [7, 11) is 0. The molecule has 1 saturated heterocycles. The summed E-state index contributed by atoms with van der Waals surface area (Å²) in [5, 5.41) is 6.16. The molecule has 1 saturated carbocycles. The standard InChI is InChI=1S/C21H29N3O4/c1-3-28-21(27)16-9-11-24(12-10-16)19(25)13-22-17-5-4-6-18(14(17)2)23-20(26)15-7-8-15/h4-6,15-16,22H,3,7-13H2,1-2H3,(H,23,26). The van der Waals surface area contributed by atoms with Gasteiger partial charge >= 0.3 is 5.97 Å². The van der Waals surface area contributed by atoms with E-state index >= 15 is 0 Å². The maximum atomic E-state index is 12.5. The maximum absolute atomic E-state index is 12.5. The zero-order chi connectivity index (χ0) is 20.1. The summed E-state index contributed by atoms with van der Waals surface area (Å²) >= 11 is 0. The molecule has 1 aromatic carbocycles. The van der Waals surface area contributed by atoms with Crippen LogP contribution in [0.2, 0.25) is 0 Å². The fourth-order valence-electron chi connectivity index (χ4n) is 3.45. The van der Waals surface area contributed by atoms with Gasteiger partial charge in [-0.05, 0) is 57.2 Å². The van der Waals surface area contributed by atoms with Crippen LogP contribution in [0.1, 0.15) is 38.2 Å². The van der Waals surface area contributed by atoms with Gasteiger partial charge in [-0.2, -0.15) is 0 Å². The molecule has 0 aromatic heterocycles. The molecule has 3 rings (SSSR count). The van der Waals surface area contributed by atoms with E-state index in [2.05, 4.69) is 10.6 Å². The van der Waals surface area contributed by atoms with E-state index in [4.69, 9.17) is 4.74 Å². The number of hydrogen-bond acceptors (Lipinski definition) is 5. The first-order valence-corrected chi connectivity index (χ1v) is 10.1. The largest absolute Gasteiger partial charge is 0.466 e. The lowest BCUT2D eigenvalue weighted by molar-refractivity contribution is -0.151. The van der Waals surface area contributed by atoms with E-state index in [0.717, 1.165) is 29.8 Å². The number of carbonyl (C=O) groups is 3. The summed E-state index contributed by atoms with van der Waals surface area (Å²) < 4.78 is 5.07. The number of likely N-dealkylation sites (tertiary alicyclic amines) is 1. The minimum atomic E-state index is -0.159. The Morgan fingerprint density at radius 3 is 2.39 bits per heavy atom. The van der Waals surface area contributed by atoms with Crippen molar-refractivity contribution in [1.29, 1.82) is 0 Å². The second-order valence-corrected chi connectivity index (χ2v) is 7.50. The Bertz CT molecular complexity index is 737. The molecule has 1 aromatic rings. The summed E-state index contributed by atoms with van der Waals surface area (Å²) in [5.41, 5.74) is 2.54. The number of nitrogens with one attached hydrogen (secondary N) is 2. The lowest BCUT2D eigenvalue weighted by Gasteiger charge is -2.31. The number of amides is 2. The Morgan fingerprint density at radius 2 is 1.75 bits per heavy atom. The van der Waals surface area contributed by atoms with E-state index in [1.807, 2.05) is 25.1 Å². The van der Waals surface area contributed by atoms with Gasteiger partial charge in [0, 0.05) is 30.4 Å². The van der Waals surface area contributed by atoms with Crippen LogP contribution in [0.15, 0.2) is 18.2 Å². The molecule has 0 spiro atoms. The summed E-state index contributed by atoms with van der Waals surface area (Å²) in [6.45, 7) is 5.45. The van der Waals surface area contributed by atoms with E-state index < -0.39 is 0 Å². The van der Waals surface area contributed by atoms with Gasteiger partial charge in [0.1, 0.15) is 0 Å². The van der Waals surface area contributed by atoms with Gasteiger partial charge in [0.15, 0.2) is 0 Å². The van der Waals surface area contributed by atoms with Gasteiger partial charge in [-0.1, -0.05) is 6.07 Å². The number of esters is 1. The molecule has 1 heterocycles. The van der Waals surface area contributed by atoms with E-state index in [9.17, 15) is 14.4 Å². The molecule has 0 atom stereocenters. The number of carbonyl (C=O) groups excluding carboxylic acids is 3. The Kier molecular flexibility index (Phi) is 6.54. The molecule has 7 nitrogen and oxygen atoms in total. The molecule has 2 aliphatic rings. The van der Waals surface area contributed by atoms with Crippen molar-refractivity contribution in [1.82, 2.24) is 4.90 Å². The summed E-state index contributed by atoms with van der Waals surface area (Å²) in [4.78, 5) is 38.1. The first-order chi connectivity index (χ1) is 13.5. The van der Waals surface area contributed by atoms with Crippen molar-refractivity contribution in [3.05, 3.63) is 23.8 Å². The normalized spacial score (nSPS) is 17.1. The molecule has 0 bridgehead atoms. The van der Waals surface area contributed by atoms with Crippen molar-refractivity contribution in [2.75, 3.05) is 36.9 Å². The van der Waals surface area contributed by atoms with E-state index in [1.165, 1.54) is 0 Å². The number of nitrogens with zero attached hydrogens (tertiary/aromatic N) is 1. The average Bonchev–Trinajstić information content (AvgIpc) is 3.54. The second kappa shape index (κ2) is 9.08. The topological polar surface area (TPSA) is 87.7 Å². The molecule has 0 radical (unpaired) electrons. The minimum absolute atomic E-state index is 0.00845. The fourth-order valence-corrected chi connectivity index (χ4v) is 3.45. The van der Waals surface area contributed by atoms with Crippen LogP contribution in [0.4, 0.5) is 11.4 Å². The van der Waals surface area contributed by atoms with E-state index in [0.29, 0.717) is 32.5 Å². The van der Waals surface area contributed by atoms with Gasteiger partial charge in [-0.25, -0.2) is 0 Å². The van der Waals surface area contributed by atoms with Crippen molar-refractivity contribution >= 4 is 29.2 Å². The molecule has 0 unspecified atom stereocenters. The number of piperidine rings is 1. The highest BCUT2D eigenvalue weighted by Gasteiger charge is 2.30. The Hall–Kier alpha value is -2.57. The lowest BCUT2D eigenvalue weighted by Crippen LogP contribution is -2.43. The van der Waals surface area contributed by atoms with Gasteiger partial charge in [0.2, 0.25) is 11.8 Å². The van der Waals surface area contributed by atoms with Gasteiger partial charge in [-0.3, -0.25) is 14.4 Å². The monoisotopic (exact) mass is 387 g/mol. The molecule has 152 valence electrons. The highest BCUT2D eigenvalue weighted by atomic mass is 16.5. The zero-order valence-electron chi connectivity index (χ0n) is 16.6. The van der Waals surface area contributed by atoms with Gasteiger partial charge in [0.25, 0.3) is 0 Å². The van der Waals surface area contributed by atoms with Crippen LogP contribution in [0.5, 0.6) is 0 Å². The molecule has 7 heteroatoms. The quantitative estimate of drug-likeness (QED) is 0.702. The van der Waals surface area contributed by atoms with E-state index in [1.54, 1.807) is 11.8 Å². The Balaban J connectivity index is 1.49. The molecular weight excluding hydrogens is 358 g/mol. The molecule has 1 aliphatic heterocycles. The van der Waals surface area contributed by atoms with Crippen molar-refractivity contribution < 1.29 is 19.1 Å². The summed E-state index contributed by atoms with van der Waals surface area (Å²) in [6.07, 6.45) is 3.22. The van der Waals surface area contributed by atoms with Crippen molar-refractivity contribution in [2.24, 2.45) is 11.8 Å². The van der Waals surface area contributed by atoms with Crippen LogP contribution in [-0.2, 0) is 19.1 Å². The number of benzene rings is 1. The molecule has 2 fully saturated rings. The number of hydrogen-bond donors (Lipinski definition) is 2. The maximum Gasteiger partial charge on any atom is 0.309 e. The highest BCUT2D eigenvalue weighted by Crippen LogP contribution is 2.31. The van der Waals surface area contributed by atoms with Gasteiger partial charge in [-0.15, -0.1) is 0 Å². The molecule has 2 amide bonds. The Labute approximate surface area is 165 Å². The smallest absolute Gasteiger partial charge is 0.309 e. The van der Waals surface area contributed by atoms with Crippen molar-refractivity contribution in [2.45, 2.75) is 39.5 Å². The number of anilines is 2. The molecule has 1 aliphatic carbocycles. The number of ether oxygens (including phenoxy) is 1. The SMILES string of the molecule is CCOC(=O)C1CCN(C(=O)CNc2cccc(NC(=O)C3CC3)c2C)CC1. The van der Waals surface area contributed by atoms with Crippen molar-refractivity contribution in [3.8, 4) is 0 Å². The predicted molar refractivity (Wildman–Crippen MR) is 107 cm³/mol. The third-order valence-corrected chi connectivity index (χ3v) is 5.44. The van der Waals surface area contributed by atoms with Crippen LogP contribution in [0, 0.1) is 18.8 Å². The van der Waals surface area contributed by atoms with Crippen LogP contribution >= 0.6 is 0 Å². The third-order valence-electron chi connectivity index (χ3n) is 5.44. The molecule has 2 N–H and O–H groups in total. The second-order valence-electron chi connectivity index (χ2n) is 7.50. The average molecular weight is 387 g/mol. The first-order valence-electron chi connectivity index (χ1n) is 10.1. The third kappa shape index (κ3) is 5.03. The van der Waals surface area contributed by atoms with Crippen LogP contribution < -0.4 is 10.6 Å². The fraction of sp³-hybridized carbons (Fsp3) is 0.571. The van der Waals surface area contributed by atoms with Crippen LogP contribution in [-0.4, -0.2) is 48.9 Å². The summed E-state index contributed by atoms with van der Waals surface area (Å²) in [5.74, 6) is -0.0376. The number of rotatable bonds is 7. The Morgan fingerprint density at radius 1 is 1.07 bits per heavy atom. The highest BCUT2D eigenvalue weighted by molar-refractivity contribution is 5.95. The zero-order valence-corrected chi connectivity index (χ0v) is 16.6. The molecule has 28 heavy (non-hydrogen) atoms. The van der Waals surface area contributed by atoms with Crippen molar-refractivity contribution in [3.63, 3.8) is 0 Å².